The molecular weight excluding hydrogens is 288 g/mol. The maximum atomic E-state index is 12.8. The fraction of sp³-hybridized carbons (Fsp3) is 0.500. The molecule has 2 aliphatic rings. The van der Waals surface area contributed by atoms with E-state index in [1.54, 1.807) is 23.1 Å². The monoisotopic (exact) mass is 306 g/mol. The van der Waals surface area contributed by atoms with E-state index in [0.29, 0.717) is 10.7 Å². The summed E-state index contributed by atoms with van der Waals surface area (Å²) in [6.45, 7) is 3.90. The van der Waals surface area contributed by atoms with E-state index in [2.05, 4.69) is 5.32 Å². The molecule has 1 aromatic rings. The van der Waals surface area contributed by atoms with Crippen LogP contribution in [0.15, 0.2) is 24.3 Å². The number of nitrogens with one attached hydrogen (secondary N) is 1. The Morgan fingerprint density at radius 3 is 2.57 bits per heavy atom. The first-order valence-electron chi connectivity index (χ1n) is 7.38. The third-order valence-corrected chi connectivity index (χ3v) is 4.39. The van der Waals surface area contributed by atoms with E-state index in [1.807, 2.05) is 19.9 Å². The lowest BCUT2D eigenvalue weighted by Crippen LogP contribution is -2.65. The number of nitrogens with zero attached hydrogens (tertiary/aromatic N) is 1. The van der Waals surface area contributed by atoms with Crippen LogP contribution in [-0.4, -0.2) is 23.9 Å². The molecule has 2 unspecified atom stereocenters. The summed E-state index contributed by atoms with van der Waals surface area (Å²) in [5.41, 5.74) is 0.701. The Morgan fingerprint density at radius 2 is 2.00 bits per heavy atom. The topological polar surface area (TPSA) is 49.4 Å². The van der Waals surface area contributed by atoms with E-state index in [0.717, 1.165) is 12.8 Å². The highest BCUT2D eigenvalue weighted by molar-refractivity contribution is 6.31. The standard InChI is InChI=1S/C16H19ClN2O2/c1-9(2)14-15(20)18-13(10-6-7-10)16(21)19(14)12-5-3-4-11(17)8-12/h3-5,8-10,13-14H,6-7H2,1-2H3,(H,18,20). The van der Waals surface area contributed by atoms with Crippen molar-refractivity contribution in [2.24, 2.45) is 11.8 Å². The second-order valence-electron chi connectivity index (χ2n) is 6.20. The minimum Gasteiger partial charge on any atom is -0.342 e. The van der Waals surface area contributed by atoms with Crippen LogP contribution in [0.3, 0.4) is 0 Å². The number of hydrogen-bond donors (Lipinski definition) is 1. The third-order valence-electron chi connectivity index (χ3n) is 4.16. The van der Waals surface area contributed by atoms with Crippen LogP contribution in [-0.2, 0) is 9.59 Å². The Bertz CT molecular complexity index is 583. The van der Waals surface area contributed by atoms with Crippen LogP contribution in [0, 0.1) is 11.8 Å². The van der Waals surface area contributed by atoms with Crippen molar-refractivity contribution in [1.82, 2.24) is 5.32 Å². The van der Waals surface area contributed by atoms with Crippen molar-refractivity contribution in [3.8, 4) is 0 Å². The summed E-state index contributed by atoms with van der Waals surface area (Å²) in [7, 11) is 0. The zero-order valence-corrected chi connectivity index (χ0v) is 12.9. The third kappa shape index (κ3) is 2.64. The van der Waals surface area contributed by atoms with Crippen molar-refractivity contribution in [2.75, 3.05) is 4.90 Å². The summed E-state index contributed by atoms with van der Waals surface area (Å²) in [5.74, 6) is 0.240. The molecule has 0 spiro atoms. The first-order chi connectivity index (χ1) is 9.99. The van der Waals surface area contributed by atoms with Crippen molar-refractivity contribution >= 4 is 29.1 Å². The number of carbonyl (C=O) groups is 2. The van der Waals surface area contributed by atoms with Gasteiger partial charge in [-0.15, -0.1) is 0 Å². The molecule has 2 amide bonds. The number of rotatable bonds is 3. The first-order valence-corrected chi connectivity index (χ1v) is 7.76. The summed E-state index contributed by atoms with van der Waals surface area (Å²) in [6.07, 6.45) is 2.01. The summed E-state index contributed by atoms with van der Waals surface area (Å²) in [6, 6.07) is 6.29. The van der Waals surface area contributed by atoms with Crippen molar-refractivity contribution in [3.05, 3.63) is 29.3 Å². The Morgan fingerprint density at radius 1 is 1.29 bits per heavy atom. The number of amides is 2. The number of carbonyl (C=O) groups excluding carboxylic acids is 2. The van der Waals surface area contributed by atoms with Crippen molar-refractivity contribution in [2.45, 2.75) is 38.8 Å². The molecule has 1 heterocycles. The zero-order valence-electron chi connectivity index (χ0n) is 12.2. The molecular formula is C16H19ClN2O2. The van der Waals surface area contributed by atoms with E-state index in [4.69, 9.17) is 11.6 Å². The van der Waals surface area contributed by atoms with Gasteiger partial charge in [-0.25, -0.2) is 0 Å². The molecule has 1 aliphatic heterocycles. The molecule has 0 aromatic heterocycles. The number of halogens is 1. The fourth-order valence-electron chi connectivity index (χ4n) is 2.97. The predicted octanol–water partition coefficient (Wildman–Crippen LogP) is 2.61. The van der Waals surface area contributed by atoms with Gasteiger partial charge < -0.3 is 5.32 Å². The fourth-order valence-corrected chi connectivity index (χ4v) is 3.15. The van der Waals surface area contributed by atoms with E-state index < -0.39 is 6.04 Å². The van der Waals surface area contributed by atoms with Crippen LogP contribution in [0.5, 0.6) is 0 Å². The van der Waals surface area contributed by atoms with Crippen molar-refractivity contribution in [3.63, 3.8) is 0 Å². The molecule has 0 radical (unpaired) electrons. The van der Waals surface area contributed by atoms with Gasteiger partial charge >= 0.3 is 0 Å². The van der Waals surface area contributed by atoms with Crippen LogP contribution in [0.4, 0.5) is 5.69 Å². The van der Waals surface area contributed by atoms with E-state index in [1.165, 1.54) is 0 Å². The molecule has 1 aliphatic carbocycles. The van der Waals surface area contributed by atoms with Crippen LogP contribution in [0.25, 0.3) is 0 Å². The molecule has 2 fully saturated rings. The molecule has 112 valence electrons. The molecule has 5 heteroatoms. The molecule has 21 heavy (non-hydrogen) atoms. The lowest BCUT2D eigenvalue weighted by molar-refractivity contribution is -0.135. The molecule has 1 aromatic carbocycles. The lowest BCUT2D eigenvalue weighted by atomic mass is 9.95. The highest BCUT2D eigenvalue weighted by atomic mass is 35.5. The Balaban J connectivity index is 2.01. The molecule has 1 N–H and O–H groups in total. The SMILES string of the molecule is CC(C)C1C(=O)NC(C2CC2)C(=O)N1c1cccc(Cl)c1. The predicted molar refractivity (Wildman–Crippen MR) is 82.2 cm³/mol. The van der Waals surface area contributed by atoms with Gasteiger partial charge in [-0.3, -0.25) is 14.5 Å². The van der Waals surface area contributed by atoms with Crippen LogP contribution >= 0.6 is 11.6 Å². The van der Waals surface area contributed by atoms with Crippen molar-refractivity contribution in [1.29, 1.82) is 0 Å². The second-order valence-corrected chi connectivity index (χ2v) is 6.64. The second kappa shape index (κ2) is 5.34. The Labute approximate surface area is 129 Å². The van der Waals surface area contributed by atoms with Gasteiger partial charge in [0.2, 0.25) is 5.91 Å². The number of hydrogen-bond acceptors (Lipinski definition) is 2. The van der Waals surface area contributed by atoms with Crippen molar-refractivity contribution < 1.29 is 9.59 Å². The molecule has 3 rings (SSSR count). The summed E-state index contributed by atoms with van der Waals surface area (Å²) in [5, 5.41) is 3.48. The Hall–Kier alpha value is -1.55. The lowest BCUT2D eigenvalue weighted by Gasteiger charge is -2.41. The minimum absolute atomic E-state index is 0.0157. The molecule has 0 bridgehead atoms. The minimum atomic E-state index is -0.481. The van der Waals surface area contributed by atoms with Crippen LogP contribution < -0.4 is 10.2 Å². The van der Waals surface area contributed by atoms with Gasteiger partial charge in [0.15, 0.2) is 0 Å². The van der Waals surface area contributed by atoms with E-state index in [-0.39, 0.29) is 29.7 Å². The summed E-state index contributed by atoms with van der Waals surface area (Å²) < 4.78 is 0. The van der Waals surface area contributed by atoms with Gasteiger partial charge in [0.25, 0.3) is 5.91 Å². The van der Waals surface area contributed by atoms with Gasteiger partial charge in [0.1, 0.15) is 12.1 Å². The van der Waals surface area contributed by atoms with Gasteiger partial charge in [-0.1, -0.05) is 31.5 Å². The highest BCUT2D eigenvalue weighted by Crippen LogP contribution is 2.37. The molecule has 1 saturated heterocycles. The zero-order chi connectivity index (χ0) is 15.1. The first kappa shape index (κ1) is 14.4. The normalized spacial score (nSPS) is 26.2. The molecule has 1 saturated carbocycles. The highest BCUT2D eigenvalue weighted by Gasteiger charge is 2.48. The maximum absolute atomic E-state index is 12.8. The average molecular weight is 307 g/mol. The van der Waals surface area contributed by atoms with E-state index >= 15 is 0 Å². The number of piperazine rings is 1. The average Bonchev–Trinajstić information content (AvgIpc) is 3.24. The van der Waals surface area contributed by atoms with Gasteiger partial charge in [0, 0.05) is 10.7 Å². The summed E-state index contributed by atoms with van der Waals surface area (Å²) >= 11 is 6.05. The van der Waals surface area contributed by atoms with Crippen LogP contribution in [0.2, 0.25) is 5.02 Å². The summed E-state index contributed by atoms with van der Waals surface area (Å²) in [4.78, 5) is 26.9. The molecule has 4 nitrogen and oxygen atoms in total. The van der Waals surface area contributed by atoms with Crippen LogP contribution in [0.1, 0.15) is 26.7 Å². The van der Waals surface area contributed by atoms with Gasteiger partial charge in [-0.05, 0) is 42.9 Å². The maximum Gasteiger partial charge on any atom is 0.250 e. The Kier molecular flexibility index (Phi) is 3.66. The quantitative estimate of drug-likeness (QED) is 0.933. The number of anilines is 1. The largest absolute Gasteiger partial charge is 0.342 e. The van der Waals surface area contributed by atoms with Gasteiger partial charge in [-0.2, -0.15) is 0 Å². The smallest absolute Gasteiger partial charge is 0.250 e. The molecule has 2 atom stereocenters. The van der Waals surface area contributed by atoms with Gasteiger partial charge in [0.05, 0.1) is 0 Å². The number of benzene rings is 1. The van der Waals surface area contributed by atoms with E-state index in [9.17, 15) is 9.59 Å².